The van der Waals surface area contributed by atoms with E-state index in [4.69, 9.17) is 5.26 Å². The van der Waals surface area contributed by atoms with Crippen molar-refractivity contribution in [3.63, 3.8) is 0 Å². The summed E-state index contributed by atoms with van der Waals surface area (Å²) in [5.41, 5.74) is 0. The fourth-order valence-electron chi connectivity index (χ4n) is 0.925. The Morgan fingerprint density at radius 3 is 1.44 bits per heavy atom. The third-order valence-electron chi connectivity index (χ3n) is 1.37. The molecule has 0 aliphatic heterocycles. The van der Waals surface area contributed by atoms with Gasteiger partial charge < -0.3 is 0 Å². The zero-order valence-corrected chi connectivity index (χ0v) is 6.60. The molecule has 0 atom stereocenters. The Balaban J connectivity index is 3.87. The van der Waals surface area contributed by atoms with Crippen LogP contribution < -0.4 is 0 Å². The van der Waals surface area contributed by atoms with E-state index in [-0.39, 0.29) is 0 Å². The first-order valence-electron chi connectivity index (χ1n) is 3.36. The van der Waals surface area contributed by atoms with Gasteiger partial charge >= 0.3 is 0 Å². The highest BCUT2D eigenvalue weighted by Crippen LogP contribution is 2.20. The van der Waals surface area contributed by atoms with Crippen molar-refractivity contribution in [2.75, 3.05) is 0 Å². The van der Waals surface area contributed by atoms with E-state index in [1.54, 1.807) is 0 Å². The molecule has 0 aromatic heterocycles. The molecule has 0 heterocycles. The highest BCUT2D eigenvalue weighted by atomic mass is 14.3. The lowest BCUT2D eigenvalue weighted by molar-refractivity contribution is 0.558. The van der Waals surface area contributed by atoms with E-state index in [1.165, 1.54) is 0 Å². The maximum absolute atomic E-state index is 8.58. The first-order chi connectivity index (χ1) is 4.09. The van der Waals surface area contributed by atoms with E-state index in [1.807, 2.05) is 0 Å². The van der Waals surface area contributed by atoms with Crippen LogP contribution in [0.4, 0.5) is 0 Å². The second-order valence-electron chi connectivity index (χ2n) is 2.88. The van der Waals surface area contributed by atoms with Gasteiger partial charge in [0.15, 0.2) is 0 Å². The molecule has 9 heavy (non-hydrogen) atoms. The Morgan fingerprint density at radius 2 is 1.44 bits per heavy atom. The molecule has 1 radical (unpaired) electrons. The average Bonchev–Trinajstić information content (AvgIpc) is 1.64. The van der Waals surface area contributed by atoms with Crippen LogP contribution in [0.15, 0.2) is 0 Å². The van der Waals surface area contributed by atoms with E-state index < -0.39 is 0 Å². The van der Waals surface area contributed by atoms with E-state index in [0.29, 0.717) is 11.8 Å². The molecule has 0 aromatic rings. The molecule has 0 unspecified atom stereocenters. The van der Waals surface area contributed by atoms with Crippen molar-refractivity contribution in [2.24, 2.45) is 11.8 Å². The first kappa shape index (κ1) is 8.49. The topological polar surface area (TPSA) is 23.8 Å². The summed E-state index contributed by atoms with van der Waals surface area (Å²) in [5, 5.41) is 8.58. The molecule has 0 N–H and O–H groups in total. The summed E-state index contributed by atoms with van der Waals surface area (Å²) >= 11 is 0. The van der Waals surface area contributed by atoms with Crippen LogP contribution in [0.25, 0.3) is 0 Å². The Labute approximate surface area is 57.7 Å². The van der Waals surface area contributed by atoms with Crippen molar-refractivity contribution in [1.82, 2.24) is 0 Å². The van der Waals surface area contributed by atoms with Gasteiger partial charge in [0.05, 0.1) is 12.0 Å². The summed E-state index contributed by atoms with van der Waals surface area (Å²) in [6.07, 6.45) is 0. The van der Waals surface area contributed by atoms with Gasteiger partial charge in [0, 0.05) is 0 Å². The van der Waals surface area contributed by atoms with Crippen molar-refractivity contribution in [3.05, 3.63) is 5.92 Å². The lowest BCUT2D eigenvalue weighted by Gasteiger charge is -2.14. The summed E-state index contributed by atoms with van der Waals surface area (Å²) in [4.78, 5) is 0. The predicted octanol–water partition coefficient (Wildman–Crippen LogP) is 2.40. The number of nitriles is 1. The third kappa shape index (κ3) is 2.51. The molecule has 51 valence electrons. The van der Waals surface area contributed by atoms with Crippen molar-refractivity contribution in [3.8, 4) is 6.07 Å². The molecular weight excluding hydrogens is 110 g/mol. The standard InChI is InChI=1S/C8H14N/c1-6(2)8(5-9)7(3)4/h6-7H,1-4H3. The molecule has 1 nitrogen and oxygen atoms in total. The van der Waals surface area contributed by atoms with Crippen molar-refractivity contribution in [1.29, 1.82) is 5.26 Å². The Kier molecular flexibility index (Phi) is 3.30. The maximum atomic E-state index is 8.58. The zero-order valence-electron chi connectivity index (χ0n) is 6.60. The summed E-state index contributed by atoms with van der Waals surface area (Å²) in [7, 11) is 0. The fraction of sp³-hybridized carbons (Fsp3) is 0.750. The first-order valence-corrected chi connectivity index (χ1v) is 3.36. The van der Waals surface area contributed by atoms with E-state index >= 15 is 0 Å². The maximum Gasteiger partial charge on any atom is 0.0810 e. The van der Waals surface area contributed by atoms with Gasteiger partial charge in [-0.1, -0.05) is 27.7 Å². The SMILES string of the molecule is CC(C)[C](C#N)C(C)C. The quantitative estimate of drug-likeness (QED) is 0.554. The van der Waals surface area contributed by atoms with E-state index in [2.05, 4.69) is 33.8 Å². The predicted molar refractivity (Wildman–Crippen MR) is 38.5 cm³/mol. The molecule has 0 spiro atoms. The lowest BCUT2D eigenvalue weighted by Crippen LogP contribution is -2.09. The van der Waals surface area contributed by atoms with Gasteiger partial charge in [-0.25, -0.2) is 0 Å². The van der Waals surface area contributed by atoms with Gasteiger partial charge in [-0.2, -0.15) is 5.26 Å². The Morgan fingerprint density at radius 1 is 1.11 bits per heavy atom. The van der Waals surface area contributed by atoms with Crippen LogP contribution in [-0.2, 0) is 0 Å². The van der Waals surface area contributed by atoms with Crippen LogP contribution in [0.5, 0.6) is 0 Å². The van der Waals surface area contributed by atoms with Crippen molar-refractivity contribution >= 4 is 0 Å². The summed E-state index contributed by atoms with van der Waals surface area (Å²) < 4.78 is 0. The second kappa shape index (κ2) is 3.50. The number of rotatable bonds is 2. The molecule has 0 saturated carbocycles. The monoisotopic (exact) mass is 124 g/mol. The number of nitrogens with zero attached hydrogens (tertiary/aromatic N) is 1. The van der Waals surface area contributed by atoms with Crippen LogP contribution in [0.1, 0.15) is 27.7 Å². The summed E-state index contributed by atoms with van der Waals surface area (Å²) in [5.74, 6) is 1.82. The molecule has 0 amide bonds. The Bertz CT molecular complexity index is 100. The molecule has 0 fully saturated rings. The minimum absolute atomic E-state index is 0.412. The fourth-order valence-corrected chi connectivity index (χ4v) is 0.925. The normalized spacial score (nSPS) is 10.9. The van der Waals surface area contributed by atoms with Crippen LogP contribution in [-0.4, -0.2) is 0 Å². The van der Waals surface area contributed by atoms with Crippen LogP contribution in [0.3, 0.4) is 0 Å². The Hall–Kier alpha value is -0.510. The van der Waals surface area contributed by atoms with Crippen LogP contribution in [0.2, 0.25) is 0 Å². The van der Waals surface area contributed by atoms with Crippen molar-refractivity contribution < 1.29 is 0 Å². The minimum Gasteiger partial charge on any atom is -0.198 e. The minimum atomic E-state index is 0.412. The highest BCUT2D eigenvalue weighted by molar-refractivity contribution is 5.14. The molecule has 0 saturated heterocycles. The molecule has 0 bridgehead atoms. The van der Waals surface area contributed by atoms with Gasteiger partial charge in [0.1, 0.15) is 0 Å². The van der Waals surface area contributed by atoms with Gasteiger partial charge in [-0.05, 0) is 11.8 Å². The van der Waals surface area contributed by atoms with Gasteiger partial charge in [-0.3, -0.25) is 0 Å². The van der Waals surface area contributed by atoms with Crippen LogP contribution >= 0.6 is 0 Å². The smallest absolute Gasteiger partial charge is 0.0810 e. The largest absolute Gasteiger partial charge is 0.198 e. The zero-order chi connectivity index (χ0) is 7.44. The van der Waals surface area contributed by atoms with Gasteiger partial charge in [0.2, 0.25) is 0 Å². The van der Waals surface area contributed by atoms with Crippen molar-refractivity contribution in [2.45, 2.75) is 27.7 Å². The van der Waals surface area contributed by atoms with E-state index in [9.17, 15) is 0 Å². The number of hydrogen-bond acceptors (Lipinski definition) is 1. The van der Waals surface area contributed by atoms with E-state index in [0.717, 1.165) is 5.92 Å². The van der Waals surface area contributed by atoms with Gasteiger partial charge in [-0.15, -0.1) is 0 Å². The number of hydrogen-bond donors (Lipinski definition) is 0. The molecule has 1 heteroatoms. The van der Waals surface area contributed by atoms with Gasteiger partial charge in [0.25, 0.3) is 0 Å². The molecular formula is C8H14N. The molecule has 0 aromatic carbocycles. The van der Waals surface area contributed by atoms with Crippen LogP contribution in [0, 0.1) is 29.1 Å². The molecule has 0 rings (SSSR count). The summed E-state index contributed by atoms with van der Waals surface area (Å²) in [6, 6.07) is 2.22. The second-order valence-corrected chi connectivity index (χ2v) is 2.88. The lowest BCUT2D eigenvalue weighted by atomic mass is 9.87. The third-order valence-corrected chi connectivity index (χ3v) is 1.37. The average molecular weight is 124 g/mol. The summed E-state index contributed by atoms with van der Waals surface area (Å²) in [6.45, 7) is 8.22. The molecule has 0 aliphatic rings. The molecule has 0 aliphatic carbocycles. The highest BCUT2D eigenvalue weighted by Gasteiger charge is 2.16.